The lowest BCUT2D eigenvalue weighted by Gasteiger charge is -2.05. The third-order valence-corrected chi connectivity index (χ3v) is 2.35. The molecule has 4 N–H and O–H groups in total. The van der Waals surface area contributed by atoms with E-state index >= 15 is 0 Å². The van der Waals surface area contributed by atoms with Gasteiger partial charge in [0.15, 0.2) is 0 Å². The van der Waals surface area contributed by atoms with Gasteiger partial charge in [0.1, 0.15) is 5.69 Å². The highest BCUT2D eigenvalue weighted by molar-refractivity contribution is 6.09. The fourth-order valence-corrected chi connectivity index (χ4v) is 1.70. The van der Waals surface area contributed by atoms with Crippen molar-refractivity contribution in [1.29, 1.82) is 0 Å². The first-order valence-electron chi connectivity index (χ1n) is 4.53. The summed E-state index contributed by atoms with van der Waals surface area (Å²) in [5.41, 5.74) is 3.41. The lowest BCUT2D eigenvalue weighted by Crippen LogP contribution is -2.12. The zero-order chi connectivity index (χ0) is 12.8. The zero-order valence-corrected chi connectivity index (χ0v) is 8.30. The number of aromatic carboxylic acids is 1. The highest BCUT2D eigenvalue weighted by Crippen LogP contribution is 2.37. The summed E-state index contributed by atoms with van der Waals surface area (Å²) >= 11 is 0. The van der Waals surface area contributed by atoms with E-state index in [0.717, 1.165) is 0 Å². The van der Waals surface area contributed by atoms with Crippen molar-refractivity contribution in [1.82, 2.24) is 4.98 Å². The first kappa shape index (κ1) is 11.3. The number of H-pyrrole nitrogens is 1. The van der Waals surface area contributed by atoms with Crippen LogP contribution in [0.25, 0.3) is 10.9 Å². The average molecular weight is 244 g/mol. The maximum absolute atomic E-state index is 12.6. The number of nitrogens with one attached hydrogen (secondary N) is 1. The largest absolute Gasteiger partial charge is 0.478 e. The van der Waals surface area contributed by atoms with E-state index < -0.39 is 23.4 Å². The number of rotatable bonds is 1. The highest BCUT2D eigenvalue weighted by Gasteiger charge is 2.39. The molecule has 0 atom stereocenters. The van der Waals surface area contributed by atoms with Crippen molar-refractivity contribution in [3.05, 3.63) is 29.5 Å². The second-order valence-electron chi connectivity index (χ2n) is 3.45. The van der Waals surface area contributed by atoms with Crippen molar-refractivity contribution in [2.45, 2.75) is 6.18 Å². The molecule has 0 radical (unpaired) electrons. The van der Waals surface area contributed by atoms with Crippen LogP contribution in [0, 0.1) is 0 Å². The lowest BCUT2D eigenvalue weighted by atomic mass is 10.1. The van der Waals surface area contributed by atoms with E-state index in [9.17, 15) is 18.0 Å². The number of aromatic nitrogens is 1. The molecule has 0 aliphatic heterocycles. The molecule has 1 heterocycles. The van der Waals surface area contributed by atoms with Gasteiger partial charge in [0.2, 0.25) is 0 Å². The van der Waals surface area contributed by atoms with Crippen LogP contribution in [-0.2, 0) is 6.18 Å². The number of benzene rings is 1. The Morgan fingerprint density at radius 2 is 2.00 bits per heavy atom. The Morgan fingerprint density at radius 3 is 2.53 bits per heavy atom. The molecule has 0 unspecified atom stereocenters. The fraction of sp³-hybridized carbons (Fsp3) is 0.100. The molecular weight excluding hydrogens is 237 g/mol. The zero-order valence-electron chi connectivity index (χ0n) is 8.30. The summed E-state index contributed by atoms with van der Waals surface area (Å²) in [5, 5.41) is 8.75. The van der Waals surface area contributed by atoms with Gasteiger partial charge in [-0.3, -0.25) is 0 Å². The molecule has 0 spiro atoms. The summed E-state index contributed by atoms with van der Waals surface area (Å²) < 4.78 is 37.9. The molecule has 0 bridgehead atoms. The number of hydrogen-bond donors (Lipinski definition) is 3. The SMILES string of the molecule is Nc1cccc2[nH]c(C(F)(F)F)c(C(=O)O)c12. The monoisotopic (exact) mass is 244 g/mol. The van der Waals surface area contributed by atoms with Crippen LogP contribution in [-0.4, -0.2) is 16.1 Å². The summed E-state index contributed by atoms with van der Waals surface area (Å²) in [4.78, 5) is 13.0. The van der Waals surface area contributed by atoms with Crippen LogP contribution in [0.15, 0.2) is 18.2 Å². The van der Waals surface area contributed by atoms with Gasteiger partial charge in [-0.05, 0) is 12.1 Å². The number of halogens is 3. The van der Waals surface area contributed by atoms with Gasteiger partial charge in [0, 0.05) is 16.6 Å². The van der Waals surface area contributed by atoms with Gasteiger partial charge in [-0.1, -0.05) is 6.07 Å². The summed E-state index contributed by atoms with van der Waals surface area (Å²) in [6, 6.07) is 4.14. The van der Waals surface area contributed by atoms with Crippen LogP contribution in [0.4, 0.5) is 18.9 Å². The number of carbonyl (C=O) groups is 1. The average Bonchev–Trinajstić information content (AvgIpc) is 2.57. The number of carboxylic acids is 1. The Kier molecular flexibility index (Phi) is 2.27. The summed E-state index contributed by atoms with van der Waals surface area (Å²) in [6.45, 7) is 0. The maximum Gasteiger partial charge on any atom is 0.432 e. The number of nitrogens with two attached hydrogens (primary N) is 1. The molecule has 4 nitrogen and oxygen atoms in total. The van der Waals surface area contributed by atoms with E-state index in [0.29, 0.717) is 0 Å². The van der Waals surface area contributed by atoms with Gasteiger partial charge in [0.05, 0.1) is 5.56 Å². The minimum atomic E-state index is -4.76. The quantitative estimate of drug-likeness (QED) is 0.674. The lowest BCUT2D eigenvalue weighted by molar-refractivity contribution is -0.141. The Balaban J connectivity index is 2.91. The van der Waals surface area contributed by atoms with Crippen molar-refractivity contribution < 1.29 is 23.1 Å². The van der Waals surface area contributed by atoms with Crippen LogP contribution in [0.2, 0.25) is 0 Å². The van der Waals surface area contributed by atoms with Crippen LogP contribution in [0.3, 0.4) is 0 Å². The Bertz CT molecular complexity index is 601. The molecule has 0 aliphatic rings. The molecule has 90 valence electrons. The second-order valence-corrected chi connectivity index (χ2v) is 3.45. The Morgan fingerprint density at radius 1 is 1.35 bits per heavy atom. The number of anilines is 1. The Hall–Kier alpha value is -2.18. The van der Waals surface area contributed by atoms with Gasteiger partial charge in [-0.2, -0.15) is 13.2 Å². The van der Waals surface area contributed by atoms with Crippen LogP contribution < -0.4 is 5.73 Å². The molecule has 1 aromatic carbocycles. The van der Waals surface area contributed by atoms with E-state index in [-0.39, 0.29) is 16.6 Å². The topological polar surface area (TPSA) is 79.1 Å². The van der Waals surface area contributed by atoms with Crippen molar-refractivity contribution >= 4 is 22.6 Å². The van der Waals surface area contributed by atoms with Crippen LogP contribution in [0.1, 0.15) is 16.1 Å². The predicted octanol–water partition coefficient (Wildman–Crippen LogP) is 2.47. The molecule has 0 aliphatic carbocycles. The number of alkyl halides is 3. The number of fused-ring (bicyclic) bond motifs is 1. The summed E-state index contributed by atoms with van der Waals surface area (Å²) in [7, 11) is 0. The predicted molar refractivity (Wildman–Crippen MR) is 54.7 cm³/mol. The maximum atomic E-state index is 12.6. The van der Waals surface area contributed by atoms with Gasteiger partial charge < -0.3 is 15.8 Å². The first-order valence-corrected chi connectivity index (χ1v) is 4.53. The molecule has 0 amide bonds. The third-order valence-electron chi connectivity index (χ3n) is 2.35. The van der Waals surface area contributed by atoms with Crippen molar-refractivity contribution in [3.63, 3.8) is 0 Å². The molecule has 2 rings (SSSR count). The Labute approximate surface area is 92.8 Å². The van der Waals surface area contributed by atoms with Crippen LogP contribution >= 0.6 is 0 Å². The third kappa shape index (κ3) is 1.69. The number of nitrogen functional groups attached to an aromatic ring is 1. The molecule has 17 heavy (non-hydrogen) atoms. The van der Waals surface area contributed by atoms with Gasteiger partial charge in [-0.15, -0.1) is 0 Å². The van der Waals surface area contributed by atoms with E-state index in [1.807, 2.05) is 4.98 Å². The van der Waals surface area contributed by atoms with E-state index in [1.54, 1.807) is 0 Å². The van der Waals surface area contributed by atoms with E-state index in [1.165, 1.54) is 18.2 Å². The summed E-state index contributed by atoms with van der Waals surface area (Å²) in [5.74, 6) is -1.67. The number of aromatic amines is 1. The fourth-order valence-electron chi connectivity index (χ4n) is 1.70. The van der Waals surface area contributed by atoms with Crippen LogP contribution in [0.5, 0.6) is 0 Å². The standard InChI is InChI=1S/C10H7F3N2O2/c11-10(12,13)8-7(9(16)17)6-4(14)2-1-3-5(6)15-8/h1-3,15H,14H2,(H,16,17). The smallest absolute Gasteiger partial charge is 0.432 e. The molecule has 0 saturated carbocycles. The second kappa shape index (κ2) is 3.41. The number of hydrogen-bond acceptors (Lipinski definition) is 2. The normalized spacial score (nSPS) is 11.9. The minimum Gasteiger partial charge on any atom is -0.478 e. The molecule has 1 aromatic heterocycles. The first-order chi connectivity index (χ1) is 7.82. The highest BCUT2D eigenvalue weighted by atomic mass is 19.4. The summed E-state index contributed by atoms with van der Waals surface area (Å²) in [6.07, 6.45) is -4.76. The van der Waals surface area contributed by atoms with Gasteiger partial charge in [0.25, 0.3) is 0 Å². The van der Waals surface area contributed by atoms with Gasteiger partial charge in [-0.25, -0.2) is 4.79 Å². The molecular formula is C10H7F3N2O2. The number of carboxylic acid groups (broad SMARTS) is 1. The van der Waals surface area contributed by atoms with Crippen molar-refractivity contribution in [2.24, 2.45) is 0 Å². The van der Waals surface area contributed by atoms with Gasteiger partial charge >= 0.3 is 12.1 Å². The van der Waals surface area contributed by atoms with Crippen molar-refractivity contribution in [2.75, 3.05) is 5.73 Å². The van der Waals surface area contributed by atoms with Crippen molar-refractivity contribution in [3.8, 4) is 0 Å². The van der Waals surface area contributed by atoms with E-state index in [4.69, 9.17) is 10.8 Å². The molecule has 2 aromatic rings. The molecule has 7 heteroatoms. The minimum absolute atomic E-state index is 0.00773. The van der Waals surface area contributed by atoms with E-state index in [2.05, 4.69) is 0 Å². The molecule has 0 fully saturated rings. The molecule has 0 saturated heterocycles.